The molecule has 98 valence electrons. The number of rotatable bonds is 3. The van der Waals surface area contributed by atoms with E-state index < -0.39 is 0 Å². The van der Waals surface area contributed by atoms with E-state index in [1.807, 2.05) is 6.07 Å². The fourth-order valence-corrected chi connectivity index (χ4v) is 2.72. The molecule has 3 rings (SSSR count). The lowest BCUT2D eigenvalue weighted by Gasteiger charge is -2.09. The molecule has 2 aromatic rings. The lowest BCUT2D eigenvalue weighted by Crippen LogP contribution is -2.02. The van der Waals surface area contributed by atoms with Crippen molar-refractivity contribution in [1.82, 2.24) is 9.55 Å². The highest BCUT2D eigenvalue weighted by Gasteiger charge is 2.07. The van der Waals surface area contributed by atoms with Crippen LogP contribution < -0.4 is 5.73 Å². The lowest BCUT2D eigenvalue weighted by atomic mass is 10.1. The smallest absolute Gasteiger partial charge is 0.178 e. The molecule has 0 bridgehead atoms. The molecule has 1 aromatic carbocycles. The Balaban J connectivity index is 2.06. The number of allylic oxidation sites excluding steroid dienone is 4. The number of nitrogens with one attached hydrogen (secondary N) is 1. The Morgan fingerprint density at radius 3 is 2.95 bits per heavy atom. The zero-order chi connectivity index (χ0) is 13.2. The zero-order valence-electron chi connectivity index (χ0n) is 10.7. The second-order valence-corrected chi connectivity index (χ2v) is 5.22. The highest BCUT2D eigenvalue weighted by molar-refractivity contribution is 7.71. The van der Waals surface area contributed by atoms with Gasteiger partial charge in [-0.25, -0.2) is 0 Å². The standard InChI is InChI=1S/C15H17N3S/c16-9-12-6-7-13-14(8-12)18(15(19)17-13)10-11-4-2-1-3-5-11/h2,4-8H,1,3,9-10,16H2,(H,17,19). The van der Waals surface area contributed by atoms with Gasteiger partial charge in [-0.2, -0.15) is 0 Å². The number of imidazole rings is 1. The Hall–Kier alpha value is -1.65. The number of nitrogens with two attached hydrogens (primary N) is 1. The third-order valence-corrected chi connectivity index (χ3v) is 3.81. The number of hydrogen-bond acceptors (Lipinski definition) is 2. The van der Waals surface area contributed by atoms with Crippen LogP contribution in [-0.4, -0.2) is 9.55 Å². The van der Waals surface area contributed by atoms with Gasteiger partial charge in [0.2, 0.25) is 0 Å². The van der Waals surface area contributed by atoms with E-state index in [9.17, 15) is 0 Å². The topological polar surface area (TPSA) is 46.7 Å². The number of fused-ring (bicyclic) bond motifs is 1. The van der Waals surface area contributed by atoms with Crippen LogP contribution in [0.25, 0.3) is 11.0 Å². The first-order valence-electron chi connectivity index (χ1n) is 6.55. The van der Waals surface area contributed by atoms with Crippen LogP contribution in [-0.2, 0) is 13.1 Å². The van der Waals surface area contributed by atoms with Crippen molar-refractivity contribution in [3.8, 4) is 0 Å². The first-order chi connectivity index (χ1) is 9.28. The van der Waals surface area contributed by atoms with Gasteiger partial charge in [-0.15, -0.1) is 0 Å². The third kappa shape index (κ3) is 2.41. The molecule has 0 fully saturated rings. The van der Waals surface area contributed by atoms with Gasteiger partial charge in [-0.1, -0.05) is 24.3 Å². The predicted octanol–water partition coefficient (Wildman–Crippen LogP) is 3.43. The van der Waals surface area contributed by atoms with Gasteiger partial charge in [0.15, 0.2) is 4.77 Å². The van der Waals surface area contributed by atoms with Crippen molar-refractivity contribution < 1.29 is 0 Å². The predicted molar refractivity (Wildman–Crippen MR) is 81.5 cm³/mol. The maximum atomic E-state index is 5.71. The van der Waals surface area contributed by atoms with Crippen molar-refractivity contribution >= 4 is 23.3 Å². The SMILES string of the molecule is NCc1ccc2[nH]c(=S)n(CC3=CCCC=C3)c2c1. The van der Waals surface area contributed by atoms with Crippen molar-refractivity contribution in [2.45, 2.75) is 25.9 Å². The van der Waals surface area contributed by atoms with Gasteiger partial charge < -0.3 is 15.3 Å². The lowest BCUT2D eigenvalue weighted by molar-refractivity contribution is 0.796. The average Bonchev–Trinajstić information content (AvgIpc) is 2.76. The summed E-state index contributed by atoms with van der Waals surface area (Å²) in [6, 6.07) is 6.21. The van der Waals surface area contributed by atoms with E-state index >= 15 is 0 Å². The minimum absolute atomic E-state index is 0.552. The molecule has 1 aliphatic carbocycles. The quantitative estimate of drug-likeness (QED) is 0.840. The molecule has 1 aliphatic rings. The number of nitrogens with zero attached hydrogens (tertiary/aromatic N) is 1. The van der Waals surface area contributed by atoms with Crippen LogP contribution in [0.1, 0.15) is 18.4 Å². The molecule has 0 radical (unpaired) electrons. The molecule has 0 aliphatic heterocycles. The van der Waals surface area contributed by atoms with Gasteiger partial charge in [0.05, 0.1) is 17.6 Å². The Kier molecular flexibility index (Phi) is 3.36. The van der Waals surface area contributed by atoms with Crippen LogP contribution in [0.2, 0.25) is 0 Å². The summed E-state index contributed by atoms with van der Waals surface area (Å²) in [4.78, 5) is 3.25. The molecular weight excluding hydrogens is 254 g/mol. The van der Waals surface area contributed by atoms with Crippen LogP contribution in [0.5, 0.6) is 0 Å². The third-order valence-electron chi connectivity index (χ3n) is 3.49. The van der Waals surface area contributed by atoms with Crippen molar-refractivity contribution in [2.24, 2.45) is 5.73 Å². The van der Waals surface area contributed by atoms with Crippen molar-refractivity contribution in [1.29, 1.82) is 0 Å². The largest absolute Gasteiger partial charge is 0.331 e. The van der Waals surface area contributed by atoms with Crippen molar-refractivity contribution in [2.75, 3.05) is 0 Å². The van der Waals surface area contributed by atoms with Gasteiger partial charge in [-0.3, -0.25) is 0 Å². The molecule has 1 heterocycles. The minimum atomic E-state index is 0.552. The number of H-pyrrole nitrogens is 1. The molecule has 19 heavy (non-hydrogen) atoms. The first kappa shape index (κ1) is 12.4. The molecule has 0 atom stereocenters. The van der Waals surface area contributed by atoms with E-state index in [0.29, 0.717) is 6.54 Å². The number of aromatic amines is 1. The monoisotopic (exact) mass is 271 g/mol. The molecule has 0 spiro atoms. The summed E-state index contributed by atoms with van der Waals surface area (Å²) in [5.41, 5.74) is 10.4. The Bertz CT molecular complexity index is 719. The maximum absolute atomic E-state index is 5.71. The van der Waals surface area contributed by atoms with Crippen LogP contribution in [0, 0.1) is 4.77 Å². The molecule has 3 N–H and O–H groups in total. The fraction of sp³-hybridized carbons (Fsp3) is 0.267. The molecule has 0 saturated carbocycles. The highest BCUT2D eigenvalue weighted by atomic mass is 32.1. The van der Waals surface area contributed by atoms with E-state index in [1.165, 1.54) is 5.57 Å². The van der Waals surface area contributed by atoms with E-state index in [-0.39, 0.29) is 0 Å². The summed E-state index contributed by atoms with van der Waals surface area (Å²) in [6.45, 7) is 1.37. The fourth-order valence-electron chi connectivity index (χ4n) is 2.45. The Morgan fingerprint density at radius 2 is 2.21 bits per heavy atom. The minimum Gasteiger partial charge on any atom is -0.331 e. The number of hydrogen-bond donors (Lipinski definition) is 2. The van der Waals surface area contributed by atoms with E-state index in [1.54, 1.807) is 0 Å². The highest BCUT2D eigenvalue weighted by Crippen LogP contribution is 2.19. The zero-order valence-corrected chi connectivity index (χ0v) is 11.5. The second-order valence-electron chi connectivity index (χ2n) is 4.83. The van der Waals surface area contributed by atoms with Crippen molar-refractivity contribution in [3.05, 3.63) is 52.3 Å². The molecule has 4 heteroatoms. The van der Waals surface area contributed by atoms with E-state index in [0.717, 1.165) is 40.8 Å². The second kappa shape index (κ2) is 5.15. The van der Waals surface area contributed by atoms with Crippen LogP contribution in [0.3, 0.4) is 0 Å². The van der Waals surface area contributed by atoms with E-state index in [2.05, 4.69) is 39.9 Å². The summed E-state index contributed by atoms with van der Waals surface area (Å²) >= 11 is 5.43. The summed E-state index contributed by atoms with van der Waals surface area (Å²) in [7, 11) is 0. The Morgan fingerprint density at radius 1 is 1.32 bits per heavy atom. The van der Waals surface area contributed by atoms with Crippen LogP contribution in [0.4, 0.5) is 0 Å². The van der Waals surface area contributed by atoms with Gasteiger partial charge in [0, 0.05) is 6.54 Å². The van der Waals surface area contributed by atoms with Gasteiger partial charge in [0.1, 0.15) is 0 Å². The molecule has 0 unspecified atom stereocenters. The normalized spacial score (nSPS) is 14.9. The summed E-state index contributed by atoms with van der Waals surface area (Å²) in [5, 5.41) is 0. The molecule has 1 aromatic heterocycles. The maximum Gasteiger partial charge on any atom is 0.178 e. The van der Waals surface area contributed by atoms with Crippen LogP contribution in [0.15, 0.2) is 42.0 Å². The van der Waals surface area contributed by atoms with Gasteiger partial charge in [-0.05, 0) is 48.3 Å². The summed E-state index contributed by atoms with van der Waals surface area (Å²) in [6.07, 6.45) is 8.96. The molecular formula is C15H17N3S. The summed E-state index contributed by atoms with van der Waals surface area (Å²) < 4.78 is 2.91. The van der Waals surface area contributed by atoms with Crippen molar-refractivity contribution in [3.63, 3.8) is 0 Å². The number of benzene rings is 1. The first-order valence-corrected chi connectivity index (χ1v) is 6.96. The molecule has 3 nitrogen and oxygen atoms in total. The molecule has 0 amide bonds. The van der Waals surface area contributed by atoms with Gasteiger partial charge >= 0.3 is 0 Å². The van der Waals surface area contributed by atoms with E-state index in [4.69, 9.17) is 18.0 Å². The van der Waals surface area contributed by atoms with Crippen LogP contribution >= 0.6 is 12.2 Å². The number of aromatic nitrogens is 2. The Labute approximate surface area is 117 Å². The van der Waals surface area contributed by atoms with Gasteiger partial charge in [0.25, 0.3) is 0 Å². The summed E-state index contributed by atoms with van der Waals surface area (Å²) in [5.74, 6) is 0. The molecule has 0 saturated heterocycles. The average molecular weight is 271 g/mol.